The number of aryl methyl sites for hydroxylation is 8. The number of pyridine rings is 2. The molecule has 0 aliphatic carbocycles. The van der Waals surface area contributed by atoms with E-state index >= 15 is 0 Å². The molecule has 9 aromatic rings. The van der Waals surface area contributed by atoms with Gasteiger partial charge in [0.05, 0.1) is 34.5 Å². The molecule has 0 amide bonds. The Morgan fingerprint density at radius 3 is 1.06 bits per heavy atom. The Bertz CT molecular complexity index is 3100. The molecule has 66 heavy (non-hydrogen) atoms. The molecule has 14 nitrogen and oxygen atoms in total. The van der Waals surface area contributed by atoms with Gasteiger partial charge in [-0.3, -0.25) is 18.7 Å². The van der Waals surface area contributed by atoms with Gasteiger partial charge in [0.25, 0.3) is 0 Å². The van der Waals surface area contributed by atoms with E-state index in [2.05, 4.69) is 24.3 Å². The Hall–Kier alpha value is -6.49. The fourth-order valence-electron chi connectivity index (χ4n) is 9.82. The number of ether oxygens (including phenoxy) is 4. The molecule has 0 N–H and O–H groups in total. The normalized spacial score (nSPS) is 13.0. The zero-order valence-electron chi connectivity index (χ0n) is 36.7. The Kier molecular flexibility index (Phi) is 9.59. The molecule has 3 aromatic carbocycles. The molecule has 6 aromatic heterocycles. The van der Waals surface area contributed by atoms with E-state index in [0.29, 0.717) is 79.5 Å². The molecule has 13 rings (SSSR count). The van der Waals surface area contributed by atoms with E-state index in [0.717, 1.165) is 67.9 Å². The van der Waals surface area contributed by atoms with Crippen LogP contribution in [0, 0.1) is 79.7 Å². The zero-order chi connectivity index (χ0) is 43.4. The third-order valence-corrected chi connectivity index (χ3v) is 12.3. The van der Waals surface area contributed by atoms with E-state index in [1.54, 1.807) is 12.4 Å². The quantitative estimate of drug-likeness (QED) is 0.185. The van der Waals surface area contributed by atoms with E-state index in [-0.39, 0.29) is 42.1 Å². The first-order valence-corrected chi connectivity index (χ1v) is 21.0. The maximum atomic E-state index is 7.05. The van der Waals surface area contributed by atoms with Crippen LogP contribution >= 0.6 is 0 Å². The van der Waals surface area contributed by atoms with Crippen LogP contribution in [0.4, 0.5) is 0 Å². The summed E-state index contributed by atoms with van der Waals surface area (Å²) in [5.74, 6) is 3.76. The third-order valence-electron chi connectivity index (χ3n) is 12.3. The van der Waals surface area contributed by atoms with Crippen molar-refractivity contribution in [3.63, 3.8) is 0 Å². The topological polar surface area (TPSA) is 134 Å². The molecule has 0 bridgehead atoms. The van der Waals surface area contributed by atoms with Gasteiger partial charge in [-0.05, 0) is 102 Å². The predicted molar refractivity (Wildman–Crippen MR) is 239 cm³/mol. The summed E-state index contributed by atoms with van der Waals surface area (Å²) in [6, 6.07) is 30.8. The average molecular weight is 1230 g/mol. The first-order chi connectivity index (χ1) is 30.9. The first-order valence-electron chi connectivity index (χ1n) is 21.0. The van der Waals surface area contributed by atoms with E-state index in [9.17, 15) is 0 Å². The summed E-state index contributed by atoms with van der Waals surface area (Å²) >= 11 is 0. The first kappa shape index (κ1) is 42.2. The smallest absolute Gasteiger partial charge is 0.514 e. The van der Waals surface area contributed by atoms with Crippen LogP contribution in [0.2, 0.25) is 0 Å². The Morgan fingerprint density at radius 1 is 0.409 bits per heavy atom. The molecule has 18 heteroatoms. The second-order valence-electron chi connectivity index (χ2n) is 17.0. The average Bonchev–Trinajstić information content (AvgIpc) is 4.03. The van der Waals surface area contributed by atoms with Crippen LogP contribution in [0.15, 0.2) is 60.9 Å². The number of benzene rings is 3. The summed E-state index contributed by atoms with van der Waals surface area (Å²) in [6.45, 7) is 14.9. The van der Waals surface area contributed by atoms with Crippen molar-refractivity contribution in [2.45, 2.75) is 55.4 Å². The summed E-state index contributed by atoms with van der Waals surface area (Å²) in [7, 11) is 0. The minimum absolute atomic E-state index is 0. The van der Waals surface area contributed by atoms with Crippen molar-refractivity contribution in [3.8, 4) is 69.0 Å². The maximum Gasteiger partial charge on any atom is 2.00 e. The van der Waals surface area contributed by atoms with Crippen LogP contribution in [0.1, 0.15) is 45.6 Å². The molecule has 326 valence electrons. The van der Waals surface area contributed by atoms with Crippen molar-refractivity contribution in [2.24, 2.45) is 0 Å². The molecule has 0 saturated heterocycles. The van der Waals surface area contributed by atoms with E-state index in [4.69, 9.17) is 49.3 Å². The van der Waals surface area contributed by atoms with Crippen LogP contribution in [0.3, 0.4) is 0 Å². The Morgan fingerprint density at radius 2 is 0.727 bits per heavy atom. The summed E-state index contributed by atoms with van der Waals surface area (Å²) in [5, 5.41) is 19.1. The maximum absolute atomic E-state index is 7.05. The summed E-state index contributed by atoms with van der Waals surface area (Å²) < 4.78 is 35.5. The van der Waals surface area contributed by atoms with Gasteiger partial charge in [-0.2, -0.15) is 44.7 Å². The van der Waals surface area contributed by atoms with Gasteiger partial charge in [-0.1, -0.05) is 12.4 Å². The van der Waals surface area contributed by atoms with Gasteiger partial charge >= 0.3 is 42.1 Å². The molecule has 0 atom stereocenters. The number of nitrogens with zero attached hydrogens (tertiary/aromatic N) is 10. The van der Waals surface area contributed by atoms with Crippen molar-refractivity contribution in [1.29, 1.82) is 0 Å². The predicted octanol–water partition coefficient (Wildman–Crippen LogP) is 4.34. The summed E-state index contributed by atoms with van der Waals surface area (Å²) in [6.07, 6.45) is 3.47. The van der Waals surface area contributed by atoms with E-state index in [1.165, 1.54) is 0 Å². The monoisotopic (exact) mass is 1230 g/mol. The third kappa shape index (κ3) is 6.10. The molecular weight excluding hydrogens is 1190 g/mol. The van der Waals surface area contributed by atoms with E-state index < -0.39 is 13.4 Å². The molecule has 0 spiro atoms. The second-order valence-corrected chi connectivity index (χ2v) is 17.0. The molecule has 0 fully saturated rings. The fourth-order valence-corrected chi connectivity index (χ4v) is 9.82. The largest absolute Gasteiger partial charge is 2.00 e. The minimum Gasteiger partial charge on any atom is -0.514 e. The standard InChI is InChI=1S/C48H34B2N10O4.2Pt/c1-23-13-27(5)57(53-23)31-9-11-39-35(17-31)49-37-19-33(59-29(7)15-25(3)55-59)21-51-47(37)63-45-41(49)43(61-39)46-42-44(45)62-40-12-10-32(58-28(6)14-24(2)54-58)18-36(40)50(42)38-20-34(22-52-48(38)64-46)60-30(8)16-26(4)56-60;;/h9-16,21-22H,1-8H3;;/q-4;2*+2. The molecule has 0 unspecified atom stereocenters. The van der Waals surface area contributed by atoms with Gasteiger partial charge in [0.15, 0.2) is 23.0 Å². The Balaban J connectivity index is 0.00000241. The SMILES string of the molecule is Cc1cc(C)n(-c2[c-]c3c(cc2)Oc2c4c5c(c6c2B3c2[c-]c(-n3nc(C)cc3C)cnc2O6)Oc2ccc(-n3nc(C)cc3C)[c-]c2B5c2[c-]c(-n3nc(C)cc3C)cnc2O4)n1.[Pt+2].[Pt+2]. The van der Waals surface area contributed by atoms with Crippen LogP contribution in [-0.2, 0) is 42.1 Å². The van der Waals surface area contributed by atoms with Crippen molar-refractivity contribution in [1.82, 2.24) is 49.1 Å². The van der Waals surface area contributed by atoms with Crippen LogP contribution < -0.4 is 51.7 Å². The molecule has 4 aliphatic heterocycles. The molecule has 0 radical (unpaired) electrons. The number of hydrogen-bond donors (Lipinski definition) is 0. The second kappa shape index (κ2) is 15.0. The number of aromatic nitrogens is 10. The van der Waals surface area contributed by atoms with Gasteiger partial charge in [0.2, 0.25) is 13.4 Å². The van der Waals surface area contributed by atoms with Crippen molar-refractivity contribution in [3.05, 3.63) is 131 Å². The minimum atomic E-state index is -0.540. The molecular formula is C48H34B2N10O4Pt2. The van der Waals surface area contributed by atoms with Crippen LogP contribution in [-0.4, -0.2) is 62.5 Å². The van der Waals surface area contributed by atoms with Gasteiger partial charge in [-0.25, -0.2) is 0 Å². The van der Waals surface area contributed by atoms with Gasteiger partial charge in [0, 0.05) is 45.2 Å². The van der Waals surface area contributed by atoms with Crippen molar-refractivity contribution in [2.75, 3.05) is 0 Å². The Labute approximate surface area is 409 Å². The van der Waals surface area contributed by atoms with Crippen LogP contribution in [0.5, 0.6) is 46.3 Å². The molecule has 4 aliphatic rings. The zero-order valence-corrected chi connectivity index (χ0v) is 41.2. The number of fused-ring (bicyclic) bond motifs is 10. The number of rotatable bonds is 4. The fraction of sp³-hybridized carbons (Fsp3) is 0.167. The van der Waals surface area contributed by atoms with Crippen LogP contribution in [0.25, 0.3) is 22.7 Å². The van der Waals surface area contributed by atoms with Crippen molar-refractivity contribution >= 4 is 46.2 Å². The summed E-state index contributed by atoms with van der Waals surface area (Å²) in [4.78, 5) is 9.94. The van der Waals surface area contributed by atoms with Gasteiger partial charge in [-0.15, -0.1) is 46.1 Å². The molecule has 0 saturated carbocycles. The van der Waals surface area contributed by atoms with Gasteiger partial charge < -0.3 is 28.9 Å². The summed E-state index contributed by atoms with van der Waals surface area (Å²) in [5.41, 5.74) is 14.5. The molecule has 10 heterocycles. The van der Waals surface area contributed by atoms with Gasteiger partial charge in [0.1, 0.15) is 0 Å². The number of hydrogen-bond acceptors (Lipinski definition) is 10. The van der Waals surface area contributed by atoms with E-state index in [1.807, 2.05) is 123 Å². The van der Waals surface area contributed by atoms with Crippen molar-refractivity contribution < 1.29 is 61.1 Å².